The van der Waals surface area contributed by atoms with E-state index in [2.05, 4.69) is 79.4 Å². The van der Waals surface area contributed by atoms with Crippen LogP contribution in [0.5, 0.6) is 5.75 Å². The highest BCUT2D eigenvalue weighted by Crippen LogP contribution is 2.32. The number of carboxylic acid groups (broad SMARTS) is 1. The van der Waals surface area contributed by atoms with E-state index in [0.717, 1.165) is 18.7 Å². The van der Waals surface area contributed by atoms with E-state index in [1.807, 2.05) is 6.07 Å². The second kappa shape index (κ2) is 9.58. The van der Waals surface area contributed by atoms with Gasteiger partial charge in [-0.3, -0.25) is 9.69 Å². The molecule has 166 valence electrons. The Morgan fingerprint density at radius 2 is 1.69 bits per heavy atom. The fourth-order valence-corrected chi connectivity index (χ4v) is 4.42. The molecule has 0 aromatic heterocycles. The van der Waals surface area contributed by atoms with E-state index in [1.54, 1.807) is 7.11 Å². The maximum Gasteiger partial charge on any atom is 0.309 e. The highest BCUT2D eigenvalue weighted by Gasteiger charge is 2.32. The number of aliphatic carboxylic acids is 1. The molecule has 1 N–H and O–H groups in total. The smallest absolute Gasteiger partial charge is 0.309 e. The summed E-state index contributed by atoms with van der Waals surface area (Å²) in [4.78, 5) is 13.2. The molecule has 1 unspecified atom stereocenters. The van der Waals surface area contributed by atoms with Crippen molar-refractivity contribution in [1.29, 1.82) is 0 Å². The number of carbonyl (C=O) groups is 1. The molecule has 1 fully saturated rings. The maximum absolute atomic E-state index is 11.0. The average molecular weight is 430 g/mol. The van der Waals surface area contributed by atoms with Crippen molar-refractivity contribution in [2.75, 3.05) is 20.2 Å². The molecule has 0 saturated carbocycles. The monoisotopic (exact) mass is 429 g/mol. The number of nitrogens with zero attached hydrogens (tertiary/aromatic N) is 1. The summed E-state index contributed by atoms with van der Waals surface area (Å²) in [5.74, 6) is 0.186. The molecule has 0 spiro atoms. The Bertz CT molecular complexity index is 1080. The van der Waals surface area contributed by atoms with Crippen molar-refractivity contribution >= 4 is 5.97 Å². The second-order valence-corrected chi connectivity index (χ2v) is 8.92. The van der Waals surface area contributed by atoms with Gasteiger partial charge >= 0.3 is 5.97 Å². The summed E-state index contributed by atoms with van der Waals surface area (Å²) in [5.41, 5.74) is 7.68. The van der Waals surface area contributed by atoms with Crippen molar-refractivity contribution in [2.24, 2.45) is 5.92 Å². The van der Waals surface area contributed by atoms with Crippen molar-refractivity contribution in [3.05, 3.63) is 100 Å². The number of hydrogen-bond acceptors (Lipinski definition) is 3. The van der Waals surface area contributed by atoms with Crippen LogP contribution >= 0.6 is 0 Å². The van der Waals surface area contributed by atoms with Crippen LogP contribution in [0.3, 0.4) is 0 Å². The molecule has 1 saturated heterocycles. The van der Waals surface area contributed by atoms with Gasteiger partial charge in [0.1, 0.15) is 5.75 Å². The zero-order valence-corrected chi connectivity index (χ0v) is 19.0. The Morgan fingerprint density at radius 1 is 0.969 bits per heavy atom. The molecule has 0 amide bonds. The van der Waals surface area contributed by atoms with Gasteiger partial charge in [0.25, 0.3) is 0 Å². The number of aryl methyl sites for hydroxylation is 2. The lowest BCUT2D eigenvalue weighted by Gasteiger charge is -2.36. The van der Waals surface area contributed by atoms with E-state index in [4.69, 9.17) is 9.84 Å². The van der Waals surface area contributed by atoms with Crippen molar-refractivity contribution in [3.63, 3.8) is 0 Å². The third-order valence-electron chi connectivity index (χ3n) is 6.60. The number of methoxy groups -OCH3 is 1. The molecule has 0 radical (unpaired) electrons. The fraction of sp³-hybridized carbons (Fsp3) is 0.321. The zero-order valence-electron chi connectivity index (χ0n) is 19.0. The minimum Gasteiger partial charge on any atom is -0.497 e. The highest BCUT2D eigenvalue weighted by molar-refractivity contribution is 5.71. The van der Waals surface area contributed by atoms with Crippen molar-refractivity contribution in [1.82, 2.24) is 4.90 Å². The minimum absolute atomic E-state index is 0.218. The summed E-state index contributed by atoms with van der Waals surface area (Å²) in [5, 5.41) is 9.08. The van der Waals surface area contributed by atoms with Gasteiger partial charge in [-0.2, -0.15) is 0 Å². The van der Waals surface area contributed by atoms with Crippen LogP contribution in [-0.4, -0.2) is 36.2 Å². The fourth-order valence-electron chi connectivity index (χ4n) is 4.42. The molecule has 4 nitrogen and oxygen atoms in total. The number of likely N-dealkylation sites (tertiary alicyclic amines) is 1. The number of benzene rings is 3. The second-order valence-electron chi connectivity index (χ2n) is 8.92. The lowest BCUT2D eigenvalue weighted by Crippen LogP contribution is -2.49. The van der Waals surface area contributed by atoms with Gasteiger partial charge in [0.05, 0.1) is 13.0 Å². The first-order chi connectivity index (χ1) is 15.4. The molecular formula is C28H31NO3. The molecule has 0 bridgehead atoms. The predicted octanol–water partition coefficient (Wildman–Crippen LogP) is 5.20. The summed E-state index contributed by atoms with van der Waals surface area (Å²) < 4.78 is 5.49. The van der Waals surface area contributed by atoms with E-state index in [-0.39, 0.29) is 11.8 Å². The SMILES string of the molecule is COc1cccc(C(Cc2ccc(C)c(C)c2)c2ccc(CN3CC(C(=O)O)C3)cc2)c1. The lowest BCUT2D eigenvalue weighted by molar-refractivity contribution is -0.147. The summed E-state index contributed by atoms with van der Waals surface area (Å²) in [6.45, 7) is 6.38. The van der Waals surface area contributed by atoms with Gasteiger partial charge in [-0.1, -0.05) is 54.6 Å². The molecule has 1 atom stereocenters. The summed E-state index contributed by atoms with van der Waals surface area (Å²) in [6, 6.07) is 23.9. The maximum atomic E-state index is 11.0. The normalized spacial score (nSPS) is 15.2. The highest BCUT2D eigenvalue weighted by atomic mass is 16.5. The largest absolute Gasteiger partial charge is 0.497 e. The Labute approximate surface area is 190 Å². The molecule has 1 heterocycles. The Balaban J connectivity index is 1.56. The van der Waals surface area contributed by atoms with E-state index < -0.39 is 5.97 Å². The van der Waals surface area contributed by atoms with Gasteiger partial charge in [-0.05, 0) is 65.8 Å². The topological polar surface area (TPSA) is 49.8 Å². The summed E-state index contributed by atoms with van der Waals surface area (Å²) >= 11 is 0. The number of hydrogen-bond donors (Lipinski definition) is 1. The van der Waals surface area contributed by atoms with Gasteiger partial charge in [0, 0.05) is 25.6 Å². The number of ether oxygens (including phenoxy) is 1. The standard InChI is InChI=1S/C28H31NO3/c1-19-7-8-22(13-20(19)2)14-27(24-5-4-6-26(15-24)32-3)23-11-9-21(10-12-23)16-29-17-25(18-29)28(30)31/h4-13,15,25,27H,14,16-18H2,1-3H3,(H,30,31). The predicted molar refractivity (Wildman–Crippen MR) is 127 cm³/mol. The van der Waals surface area contributed by atoms with Crippen LogP contribution in [0.25, 0.3) is 0 Å². The van der Waals surface area contributed by atoms with Crippen LogP contribution in [0.4, 0.5) is 0 Å². The van der Waals surface area contributed by atoms with Crippen molar-refractivity contribution < 1.29 is 14.6 Å². The quantitative estimate of drug-likeness (QED) is 0.535. The molecule has 1 aliphatic rings. The summed E-state index contributed by atoms with van der Waals surface area (Å²) in [6.07, 6.45) is 0.917. The van der Waals surface area contributed by atoms with Crippen LogP contribution < -0.4 is 4.74 Å². The van der Waals surface area contributed by atoms with Crippen molar-refractivity contribution in [3.8, 4) is 5.75 Å². The molecule has 0 aliphatic carbocycles. The van der Waals surface area contributed by atoms with Crippen LogP contribution in [0.2, 0.25) is 0 Å². The number of carboxylic acids is 1. The van der Waals surface area contributed by atoms with Crippen LogP contribution in [0, 0.1) is 19.8 Å². The van der Waals surface area contributed by atoms with Gasteiger partial charge in [-0.25, -0.2) is 0 Å². The van der Waals surface area contributed by atoms with E-state index in [9.17, 15) is 4.79 Å². The van der Waals surface area contributed by atoms with Crippen LogP contribution in [0.15, 0.2) is 66.7 Å². The van der Waals surface area contributed by atoms with Crippen LogP contribution in [-0.2, 0) is 17.8 Å². The number of rotatable bonds is 8. The minimum atomic E-state index is -0.691. The molecule has 4 rings (SSSR count). The third-order valence-corrected chi connectivity index (χ3v) is 6.60. The van der Waals surface area contributed by atoms with E-state index in [1.165, 1.54) is 33.4 Å². The first-order valence-electron chi connectivity index (χ1n) is 11.2. The lowest BCUT2D eigenvalue weighted by atomic mass is 9.85. The molecule has 3 aromatic carbocycles. The molecule has 3 aromatic rings. The summed E-state index contributed by atoms with van der Waals surface area (Å²) in [7, 11) is 1.71. The molecular weight excluding hydrogens is 398 g/mol. The Kier molecular flexibility index (Phi) is 6.61. The Hall–Kier alpha value is -3.11. The first kappa shape index (κ1) is 22.1. The van der Waals surface area contributed by atoms with Crippen LogP contribution in [0.1, 0.15) is 39.3 Å². The van der Waals surface area contributed by atoms with Gasteiger partial charge in [0.2, 0.25) is 0 Å². The molecule has 32 heavy (non-hydrogen) atoms. The van der Waals surface area contributed by atoms with Gasteiger partial charge < -0.3 is 9.84 Å². The van der Waals surface area contributed by atoms with E-state index in [0.29, 0.717) is 13.1 Å². The van der Waals surface area contributed by atoms with Crippen molar-refractivity contribution in [2.45, 2.75) is 32.7 Å². The Morgan fingerprint density at radius 3 is 2.34 bits per heavy atom. The van der Waals surface area contributed by atoms with Gasteiger partial charge in [-0.15, -0.1) is 0 Å². The zero-order chi connectivity index (χ0) is 22.7. The average Bonchev–Trinajstić information content (AvgIpc) is 2.77. The molecule has 1 aliphatic heterocycles. The third kappa shape index (κ3) is 5.03. The van der Waals surface area contributed by atoms with Gasteiger partial charge in [0.15, 0.2) is 0 Å². The van der Waals surface area contributed by atoms with E-state index >= 15 is 0 Å². The molecule has 4 heteroatoms. The first-order valence-corrected chi connectivity index (χ1v) is 11.2.